The maximum Gasteiger partial charge on any atom is 0.144 e. The minimum absolute atomic E-state index is 0.00366. The molecule has 0 amide bonds. The summed E-state index contributed by atoms with van der Waals surface area (Å²) in [6.45, 7) is 6.68. The highest BCUT2D eigenvalue weighted by Crippen LogP contribution is 2.20. The Hall–Kier alpha value is -1.27. The summed E-state index contributed by atoms with van der Waals surface area (Å²) in [4.78, 5) is 0. The lowest BCUT2D eigenvalue weighted by Gasteiger charge is -2.13. The molecule has 1 aromatic rings. The monoisotopic (exact) mass is 313 g/mol. The molecule has 1 fully saturated rings. The van der Waals surface area contributed by atoms with E-state index in [4.69, 9.17) is 9.47 Å². The lowest BCUT2D eigenvalue weighted by molar-refractivity contribution is 0.141. The lowest BCUT2D eigenvalue weighted by Crippen LogP contribution is -2.19. The van der Waals surface area contributed by atoms with Crippen LogP contribution in [0.1, 0.15) is 32.8 Å². The molecule has 0 saturated carbocycles. The van der Waals surface area contributed by atoms with Crippen LogP contribution in [0.2, 0.25) is 0 Å². The van der Waals surface area contributed by atoms with E-state index in [2.05, 4.69) is 4.40 Å². The number of hydrogen-bond acceptors (Lipinski definition) is 3. The van der Waals surface area contributed by atoms with Crippen molar-refractivity contribution in [1.82, 2.24) is 0 Å². The number of halogens is 1. The molecule has 0 N–H and O–H groups in total. The van der Waals surface area contributed by atoms with Gasteiger partial charge in [0.25, 0.3) is 0 Å². The fourth-order valence-electron chi connectivity index (χ4n) is 1.76. The van der Waals surface area contributed by atoms with E-state index in [0.29, 0.717) is 19.0 Å². The molecule has 0 radical (unpaired) electrons. The molecule has 6 heteroatoms. The quantitative estimate of drug-likeness (QED) is 0.803. The Kier molecular flexibility index (Phi) is 5.11. The molecule has 4 nitrogen and oxygen atoms in total. The summed E-state index contributed by atoms with van der Waals surface area (Å²) in [7, 11) is -1.41. The maximum absolute atomic E-state index is 13.8. The van der Waals surface area contributed by atoms with Crippen LogP contribution in [0.5, 0.6) is 5.75 Å². The number of rotatable bonds is 4. The van der Waals surface area contributed by atoms with E-state index in [1.807, 2.05) is 20.8 Å². The number of nitrogens with zero attached hydrogens (tertiary/aromatic N) is 1. The molecule has 1 saturated heterocycles. The molecule has 0 aliphatic carbocycles. The Morgan fingerprint density at radius 3 is 2.86 bits per heavy atom. The molecular weight excluding hydrogens is 293 g/mol. The van der Waals surface area contributed by atoms with Crippen molar-refractivity contribution in [3.8, 4) is 5.75 Å². The normalized spacial score (nSPS) is 20.9. The topological polar surface area (TPSA) is 47.9 Å². The van der Waals surface area contributed by atoms with Crippen molar-refractivity contribution in [1.29, 1.82) is 0 Å². The van der Waals surface area contributed by atoms with Crippen molar-refractivity contribution in [3.63, 3.8) is 0 Å². The van der Waals surface area contributed by atoms with Crippen molar-refractivity contribution in [3.05, 3.63) is 29.6 Å². The van der Waals surface area contributed by atoms with Crippen molar-refractivity contribution in [2.24, 2.45) is 4.40 Å². The molecule has 116 valence electrons. The summed E-state index contributed by atoms with van der Waals surface area (Å²) < 4.78 is 40.0. The van der Waals surface area contributed by atoms with Gasteiger partial charge in [-0.05, 0) is 39.0 Å². The van der Waals surface area contributed by atoms with Gasteiger partial charge in [0.1, 0.15) is 28.7 Å². The second-order valence-electron chi connectivity index (χ2n) is 5.88. The van der Waals surface area contributed by atoms with Gasteiger partial charge in [-0.2, -0.15) is 4.40 Å². The number of hydrogen-bond donors (Lipinski definition) is 0. The first-order valence-electron chi connectivity index (χ1n) is 6.86. The fraction of sp³-hybridized carbons (Fsp3) is 0.533. The molecule has 2 atom stereocenters. The summed E-state index contributed by atoms with van der Waals surface area (Å²) >= 11 is 0. The Morgan fingerprint density at radius 1 is 1.48 bits per heavy atom. The van der Waals surface area contributed by atoms with Crippen LogP contribution in [-0.4, -0.2) is 34.5 Å². The van der Waals surface area contributed by atoms with Gasteiger partial charge in [-0.15, -0.1) is 0 Å². The minimum atomic E-state index is -1.41. The van der Waals surface area contributed by atoms with Gasteiger partial charge in [0.15, 0.2) is 0 Å². The standard InChI is InChI=1S/C15H20FNO3S/c1-15(2,3)21(18)17-9-11-8-12(4-5-14(11)16)20-13-6-7-19-10-13/h4-5,8-9,13H,6-7,10H2,1-3H3/t13-,21?/m0/s1. The Balaban J connectivity index is 2.11. The van der Waals surface area contributed by atoms with Crippen molar-refractivity contribution in [2.75, 3.05) is 13.2 Å². The number of benzene rings is 1. The van der Waals surface area contributed by atoms with Crippen LogP contribution in [0.15, 0.2) is 22.6 Å². The van der Waals surface area contributed by atoms with Crippen molar-refractivity contribution in [2.45, 2.75) is 38.0 Å². The van der Waals surface area contributed by atoms with Crippen molar-refractivity contribution < 1.29 is 18.1 Å². The van der Waals surface area contributed by atoms with Gasteiger partial charge in [-0.25, -0.2) is 8.60 Å². The Labute approximate surface area is 127 Å². The average molecular weight is 313 g/mol. The van der Waals surface area contributed by atoms with E-state index < -0.39 is 21.5 Å². The molecule has 1 aromatic carbocycles. The summed E-state index contributed by atoms with van der Waals surface area (Å²) in [5.41, 5.74) is 0.268. The van der Waals surface area contributed by atoms with E-state index in [1.54, 1.807) is 12.1 Å². The van der Waals surface area contributed by atoms with Gasteiger partial charge in [-0.3, -0.25) is 0 Å². The molecule has 2 rings (SSSR count). The SMILES string of the molecule is CC(C)(C)S(=O)N=Cc1cc(O[C@H]2CCOC2)ccc1F. The van der Waals surface area contributed by atoms with Gasteiger partial charge >= 0.3 is 0 Å². The minimum Gasteiger partial charge on any atom is -0.488 e. The van der Waals surface area contributed by atoms with E-state index in [-0.39, 0.29) is 11.7 Å². The van der Waals surface area contributed by atoms with Gasteiger partial charge in [0.05, 0.1) is 18.0 Å². The number of ether oxygens (including phenoxy) is 2. The van der Waals surface area contributed by atoms with Gasteiger partial charge in [-0.1, -0.05) is 0 Å². The van der Waals surface area contributed by atoms with Crippen LogP contribution in [0.3, 0.4) is 0 Å². The molecule has 0 bridgehead atoms. The lowest BCUT2D eigenvalue weighted by atomic mass is 10.2. The second kappa shape index (κ2) is 6.66. The average Bonchev–Trinajstić information content (AvgIpc) is 2.90. The van der Waals surface area contributed by atoms with Crippen LogP contribution in [-0.2, 0) is 15.7 Å². The zero-order valence-corrected chi connectivity index (χ0v) is 13.3. The third-order valence-corrected chi connectivity index (χ3v) is 4.31. The first-order chi connectivity index (χ1) is 9.86. The molecule has 1 aliphatic heterocycles. The highest BCUT2D eigenvalue weighted by atomic mass is 32.2. The molecule has 1 heterocycles. The summed E-state index contributed by atoms with van der Waals surface area (Å²) in [6.07, 6.45) is 2.13. The first-order valence-corrected chi connectivity index (χ1v) is 7.97. The fourth-order valence-corrected chi connectivity index (χ4v) is 2.28. The molecule has 1 aliphatic rings. The molecule has 0 aromatic heterocycles. The molecule has 1 unspecified atom stereocenters. The van der Waals surface area contributed by atoms with E-state index in [9.17, 15) is 8.60 Å². The van der Waals surface area contributed by atoms with Crippen molar-refractivity contribution >= 4 is 17.2 Å². The van der Waals surface area contributed by atoms with E-state index >= 15 is 0 Å². The van der Waals surface area contributed by atoms with Crippen LogP contribution in [0.4, 0.5) is 4.39 Å². The predicted octanol–water partition coefficient (Wildman–Crippen LogP) is 2.87. The molecule has 0 spiro atoms. The van der Waals surface area contributed by atoms with Crippen LogP contribution in [0, 0.1) is 5.82 Å². The third-order valence-electron chi connectivity index (χ3n) is 2.97. The van der Waals surface area contributed by atoms with Gasteiger partial charge < -0.3 is 9.47 Å². The van der Waals surface area contributed by atoms with E-state index in [0.717, 1.165) is 6.42 Å². The molecule has 21 heavy (non-hydrogen) atoms. The highest BCUT2D eigenvalue weighted by molar-refractivity contribution is 7.85. The zero-order valence-electron chi connectivity index (χ0n) is 12.5. The maximum atomic E-state index is 13.8. The predicted molar refractivity (Wildman–Crippen MR) is 81.7 cm³/mol. The largest absolute Gasteiger partial charge is 0.488 e. The van der Waals surface area contributed by atoms with Crippen LogP contribution in [0.25, 0.3) is 0 Å². The smallest absolute Gasteiger partial charge is 0.144 e. The van der Waals surface area contributed by atoms with Crippen LogP contribution < -0.4 is 4.74 Å². The van der Waals surface area contributed by atoms with E-state index in [1.165, 1.54) is 12.3 Å². The summed E-state index contributed by atoms with van der Waals surface area (Å²) in [6, 6.07) is 4.47. The summed E-state index contributed by atoms with van der Waals surface area (Å²) in [5.74, 6) is 0.148. The highest BCUT2D eigenvalue weighted by Gasteiger charge is 2.19. The van der Waals surface area contributed by atoms with Gasteiger partial charge in [0.2, 0.25) is 0 Å². The first kappa shape index (κ1) is 16.1. The zero-order chi connectivity index (χ0) is 15.5. The summed E-state index contributed by atoms with van der Waals surface area (Å²) in [5, 5.41) is 0. The Bertz CT molecular complexity index is 548. The Morgan fingerprint density at radius 2 is 2.24 bits per heavy atom. The third kappa shape index (κ3) is 4.61. The second-order valence-corrected chi connectivity index (χ2v) is 7.82. The van der Waals surface area contributed by atoms with Gasteiger partial charge in [0, 0.05) is 18.2 Å². The van der Waals surface area contributed by atoms with Crippen LogP contribution >= 0.6 is 0 Å². The molecular formula is C15H20FNO3S.